The molecule has 0 spiro atoms. The Labute approximate surface area is 198 Å². The summed E-state index contributed by atoms with van der Waals surface area (Å²) in [5.74, 6) is 0.0802. The minimum Gasteiger partial charge on any atom is -0.489 e. The summed E-state index contributed by atoms with van der Waals surface area (Å²) in [6.07, 6.45) is -2.79. The maximum Gasteiger partial charge on any atom is 0.408 e. The van der Waals surface area contributed by atoms with E-state index in [1.54, 1.807) is 12.1 Å². The summed E-state index contributed by atoms with van der Waals surface area (Å²) in [5, 5.41) is 8.80. The lowest BCUT2D eigenvalue weighted by molar-refractivity contribution is -0.183. The van der Waals surface area contributed by atoms with Crippen LogP contribution in [0.5, 0.6) is 5.75 Å². The van der Waals surface area contributed by atoms with Crippen LogP contribution in [0.1, 0.15) is 31.9 Å². The molecule has 35 heavy (non-hydrogen) atoms. The van der Waals surface area contributed by atoms with E-state index in [0.29, 0.717) is 28.7 Å². The second kappa shape index (κ2) is 8.72. The number of rotatable bonds is 5. The van der Waals surface area contributed by atoms with Gasteiger partial charge in [-0.3, -0.25) is 9.30 Å². The Morgan fingerprint density at radius 3 is 2.60 bits per heavy atom. The van der Waals surface area contributed by atoms with E-state index >= 15 is 0 Å². The van der Waals surface area contributed by atoms with Crippen molar-refractivity contribution in [1.29, 1.82) is 0 Å². The summed E-state index contributed by atoms with van der Waals surface area (Å²) < 4.78 is 63.6. The lowest BCUT2D eigenvalue weighted by Crippen LogP contribution is -2.38. The molecule has 1 aromatic carbocycles. The fraction of sp³-hybridized carbons (Fsp3) is 0.375. The van der Waals surface area contributed by atoms with E-state index in [0.717, 1.165) is 0 Å². The van der Waals surface area contributed by atoms with Crippen LogP contribution in [-0.4, -0.2) is 55.9 Å². The molecular formula is C24H24F4N6O. The van der Waals surface area contributed by atoms with Gasteiger partial charge in [-0.1, -0.05) is 12.1 Å². The zero-order valence-corrected chi connectivity index (χ0v) is 19.1. The number of aromatic nitrogens is 4. The second-order valence-corrected chi connectivity index (χ2v) is 9.04. The standard InChI is InChI=1S/C24H24F4N6O/c1-13(2)35-19-10-16(25)9-14-3-5-18(30-21(14)19)23-32-31-20-6-4-15(11-34(20)23)22(24(26,27)28)33-8-7-17(29)12-33/h3-6,9-11,13,17,22H,7-8,12,29H2,1-2H3/t17?,22-/m1/s1. The van der Waals surface area contributed by atoms with Crippen LogP contribution in [0.15, 0.2) is 42.6 Å². The molecule has 0 bridgehead atoms. The maximum atomic E-state index is 14.1. The van der Waals surface area contributed by atoms with Crippen LogP contribution in [0.4, 0.5) is 17.6 Å². The summed E-state index contributed by atoms with van der Waals surface area (Å²) in [6, 6.07) is 6.73. The van der Waals surface area contributed by atoms with Gasteiger partial charge in [-0.2, -0.15) is 13.2 Å². The number of halogens is 4. The molecular weight excluding hydrogens is 464 g/mol. The van der Waals surface area contributed by atoms with Gasteiger partial charge in [0.2, 0.25) is 0 Å². The average molecular weight is 488 g/mol. The Bertz CT molecular complexity index is 1390. The molecule has 0 saturated carbocycles. The maximum absolute atomic E-state index is 14.1. The van der Waals surface area contributed by atoms with Crippen LogP contribution in [-0.2, 0) is 0 Å². The van der Waals surface area contributed by atoms with Crippen molar-refractivity contribution in [3.8, 4) is 17.3 Å². The number of nitrogens with zero attached hydrogens (tertiary/aromatic N) is 5. The molecule has 5 rings (SSSR count). The number of pyridine rings is 2. The monoisotopic (exact) mass is 488 g/mol. The first-order chi connectivity index (χ1) is 16.6. The lowest BCUT2D eigenvalue weighted by Gasteiger charge is -2.30. The number of hydrogen-bond acceptors (Lipinski definition) is 6. The van der Waals surface area contributed by atoms with Gasteiger partial charge in [-0.15, -0.1) is 10.2 Å². The van der Waals surface area contributed by atoms with Crippen molar-refractivity contribution in [2.24, 2.45) is 5.73 Å². The molecule has 0 aliphatic carbocycles. The molecule has 1 saturated heterocycles. The highest BCUT2D eigenvalue weighted by atomic mass is 19.4. The van der Waals surface area contributed by atoms with Gasteiger partial charge < -0.3 is 10.5 Å². The third-order valence-corrected chi connectivity index (χ3v) is 5.99. The number of hydrogen-bond donors (Lipinski definition) is 1. The van der Waals surface area contributed by atoms with E-state index in [1.807, 2.05) is 13.8 Å². The highest BCUT2D eigenvalue weighted by molar-refractivity contribution is 5.86. The number of nitrogens with two attached hydrogens (primary N) is 1. The first kappa shape index (κ1) is 23.4. The van der Waals surface area contributed by atoms with E-state index in [-0.39, 0.29) is 42.4 Å². The topological polar surface area (TPSA) is 81.6 Å². The average Bonchev–Trinajstić information content (AvgIpc) is 3.38. The van der Waals surface area contributed by atoms with Gasteiger partial charge in [0.05, 0.1) is 6.10 Å². The van der Waals surface area contributed by atoms with Gasteiger partial charge in [0.25, 0.3) is 0 Å². The number of fused-ring (bicyclic) bond motifs is 2. The normalized spacial score (nSPS) is 18.1. The van der Waals surface area contributed by atoms with E-state index in [4.69, 9.17) is 10.5 Å². The molecule has 2 atom stereocenters. The molecule has 4 heterocycles. The number of ether oxygens (including phenoxy) is 1. The minimum absolute atomic E-state index is 0.0619. The van der Waals surface area contributed by atoms with E-state index in [9.17, 15) is 17.6 Å². The van der Waals surface area contributed by atoms with Crippen LogP contribution >= 0.6 is 0 Å². The van der Waals surface area contributed by atoms with Gasteiger partial charge in [0, 0.05) is 36.8 Å². The molecule has 1 fully saturated rings. The minimum atomic E-state index is -4.49. The number of benzene rings is 1. The number of likely N-dealkylation sites (tertiary alicyclic amines) is 1. The Balaban J connectivity index is 1.61. The molecule has 1 unspecified atom stereocenters. The van der Waals surface area contributed by atoms with Crippen LogP contribution < -0.4 is 10.5 Å². The lowest BCUT2D eigenvalue weighted by atomic mass is 10.1. The quantitative estimate of drug-likeness (QED) is 0.417. The van der Waals surface area contributed by atoms with Crippen molar-refractivity contribution in [2.75, 3.05) is 13.1 Å². The zero-order chi connectivity index (χ0) is 24.9. The van der Waals surface area contributed by atoms with Crippen LogP contribution in [0, 0.1) is 5.82 Å². The third-order valence-electron chi connectivity index (χ3n) is 5.99. The summed E-state index contributed by atoms with van der Waals surface area (Å²) in [4.78, 5) is 5.96. The predicted octanol–water partition coefficient (Wildman–Crippen LogP) is 4.51. The SMILES string of the molecule is CC(C)Oc1cc(F)cc2ccc(-c3nnc4ccc([C@@H](N5CCC(N)C5)C(F)(F)F)cn34)nc12. The fourth-order valence-electron chi connectivity index (χ4n) is 4.54. The highest BCUT2D eigenvalue weighted by Gasteiger charge is 2.46. The van der Waals surface area contributed by atoms with Gasteiger partial charge in [0.15, 0.2) is 11.5 Å². The van der Waals surface area contributed by atoms with Crippen LogP contribution in [0.2, 0.25) is 0 Å². The molecule has 0 radical (unpaired) electrons. The summed E-state index contributed by atoms with van der Waals surface area (Å²) in [7, 11) is 0. The van der Waals surface area contributed by atoms with Gasteiger partial charge in [0.1, 0.15) is 28.8 Å². The molecule has 7 nitrogen and oxygen atoms in total. The largest absolute Gasteiger partial charge is 0.489 e. The van der Waals surface area contributed by atoms with Gasteiger partial charge >= 0.3 is 6.18 Å². The van der Waals surface area contributed by atoms with Gasteiger partial charge in [-0.25, -0.2) is 9.37 Å². The second-order valence-electron chi connectivity index (χ2n) is 9.04. The summed E-state index contributed by atoms with van der Waals surface area (Å²) in [5.41, 5.74) is 7.11. The Hall–Kier alpha value is -3.31. The number of alkyl halides is 3. The highest BCUT2D eigenvalue weighted by Crippen LogP contribution is 2.39. The Morgan fingerprint density at radius 2 is 1.91 bits per heavy atom. The van der Waals surface area contributed by atoms with E-state index < -0.39 is 18.0 Å². The van der Waals surface area contributed by atoms with Crippen molar-refractivity contribution in [2.45, 2.75) is 44.6 Å². The smallest absolute Gasteiger partial charge is 0.408 e. The third kappa shape index (κ3) is 4.53. The van der Waals surface area contributed by atoms with Gasteiger partial charge in [-0.05, 0) is 44.0 Å². The Morgan fingerprint density at radius 1 is 1.11 bits per heavy atom. The predicted molar refractivity (Wildman–Crippen MR) is 122 cm³/mol. The fourth-order valence-corrected chi connectivity index (χ4v) is 4.54. The molecule has 11 heteroatoms. The van der Waals surface area contributed by atoms with Crippen LogP contribution in [0.3, 0.4) is 0 Å². The molecule has 1 aliphatic rings. The molecule has 4 aromatic rings. The Kier molecular flexibility index (Phi) is 5.84. The van der Waals surface area contributed by atoms with E-state index in [2.05, 4.69) is 15.2 Å². The summed E-state index contributed by atoms with van der Waals surface area (Å²) >= 11 is 0. The molecule has 3 aromatic heterocycles. The van der Waals surface area contributed by atoms with Crippen molar-refractivity contribution < 1.29 is 22.3 Å². The first-order valence-electron chi connectivity index (χ1n) is 11.3. The van der Waals surface area contributed by atoms with Crippen molar-refractivity contribution in [1.82, 2.24) is 24.5 Å². The molecule has 184 valence electrons. The summed E-state index contributed by atoms with van der Waals surface area (Å²) in [6.45, 7) is 4.06. The first-order valence-corrected chi connectivity index (χ1v) is 11.3. The van der Waals surface area contributed by atoms with E-state index in [1.165, 1.54) is 39.8 Å². The molecule has 0 amide bonds. The van der Waals surface area contributed by atoms with Crippen molar-refractivity contribution in [3.63, 3.8) is 0 Å². The zero-order valence-electron chi connectivity index (χ0n) is 19.1. The van der Waals surface area contributed by atoms with Crippen molar-refractivity contribution >= 4 is 16.6 Å². The van der Waals surface area contributed by atoms with Crippen LogP contribution in [0.25, 0.3) is 28.1 Å². The molecule has 1 aliphatic heterocycles. The van der Waals surface area contributed by atoms with Crippen molar-refractivity contribution in [3.05, 3.63) is 54.0 Å². The molecule has 2 N–H and O–H groups in total.